The summed E-state index contributed by atoms with van der Waals surface area (Å²) in [6, 6.07) is 12.9. The first-order valence-electron chi connectivity index (χ1n) is 11.7. The number of thioether (sulfide) groups is 1. The molecule has 8 heteroatoms. The summed E-state index contributed by atoms with van der Waals surface area (Å²) in [5.74, 6) is 0.0210. The third kappa shape index (κ3) is 10.3. The number of phenolic OH excluding ortho intramolecular Hbond substituents is 1. The van der Waals surface area contributed by atoms with Crippen LogP contribution in [0.3, 0.4) is 0 Å². The molecular weight excluding hydrogens is 562 g/mol. The van der Waals surface area contributed by atoms with Crippen LogP contribution in [0.2, 0.25) is 0 Å². The largest absolute Gasteiger partial charge is 0.507 e. The second kappa shape index (κ2) is 13.6. The molecule has 2 rings (SSSR count). The standard InChI is InChI=1S/C25H33NO3S.C3H4BrClO/c1-16(23(29)26-15-21(27)17-11-9-8-10-12-17)30-18-13-19(24(2,3)4)22(28)20(14-18)25(5,6)7;1-2(4)3(5)6/h8-14,16,28H,15H2,1-7H3,(H,26,29);2H,1H3. The Hall–Kier alpha value is -1.83. The van der Waals surface area contributed by atoms with E-state index in [-0.39, 0.29) is 44.4 Å². The maximum absolute atomic E-state index is 12.6. The maximum atomic E-state index is 12.6. The lowest BCUT2D eigenvalue weighted by Gasteiger charge is -2.28. The quantitative estimate of drug-likeness (QED) is 0.155. The maximum Gasteiger partial charge on any atom is 0.235 e. The number of aromatic hydroxyl groups is 1. The minimum absolute atomic E-state index is 0.0240. The van der Waals surface area contributed by atoms with Gasteiger partial charge in [-0.1, -0.05) is 87.8 Å². The van der Waals surface area contributed by atoms with Crippen LogP contribution in [-0.2, 0) is 20.4 Å². The topological polar surface area (TPSA) is 83.5 Å². The summed E-state index contributed by atoms with van der Waals surface area (Å²) in [6.45, 7) is 15.9. The fraction of sp³-hybridized carbons (Fsp3) is 0.464. The molecule has 0 aromatic heterocycles. The summed E-state index contributed by atoms with van der Waals surface area (Å²) < 4.78 is 0. The fourth-order valence-corrected chi connectivity index (χ4v) is 4.08. The molecule has 0 spiro atoms. The number of hydrogen-bond donors (Lipinski definition) is 2. The first kappa shape index (κ1) is 32.2. The van der Waals surface area contributed by atoms with Crippen LogP contribution in [0.25, 0.3) is 0 Å². The highest BCUT2D eigenvalue weighted by molar-refractivity contribution is 9.10. The Morgan fingerprint density at radius 3 is 1.81 bits per heavy atom. The molecule has 2 aromatic rings. The van der Waals surface area contributed by atoms with Crippen LogP contribution in [0.5, 0.6) is 5.75 Å². The van der Waals surface area contributed by atoms with E-state index in [2.05, 4.69) is 62.8 Å². The van der Waals surface area contributed by atoms with Crippen molar-refractivity contribution in [2.75, 3.05) is 6.54 Å². The van der Waals surface area contributed by atoms with E-state index in [0.29, 0.717) is 11.3 Å². The Labute approximate surface area is 232 Å². The summed E-state index contributed by atoms with van der Waals surface area (Å²) in [5, 5.41) is 12.9. The van der Waals surface area contributed by atoms with Crippen molar-refractivity contribution >= 4 is 56.2 Å². The summed E-state index contributed by atoms with van der Waals surface area (Å²) in [6.07, 6.45) is 0. The van der Waals surface area contributed by atoms with Gasteiger partial charge in [-0.05, 0) is 48.4 Å². The summed E-state index contributed by atoms with van der Waals surface area (Å²) in [7, 11) is 0. The summed E-state index contributed by atoms with van der Waals surface area (Å²) in [5.41, 5.74) is 1.86. The molecule has 2 atom stereocenters. The number of phenols is 1. The monoisotopic (exact) mass is 597 g/mol. The van der Waals surface area contributed by atoms with Crippen LogP contribution in [0.15, 0.2) is 47.4 Å². The van der Waals surface area contributed by atoms with Gasteiger partial charge in [0.15, 0.2) is 5.78 Å². The Bertz CT molecular complexity index is 1020. The number of rotatable bonds is 7. The lowest BCUT2D eigenvalue weighted by atomic mass is 9.79. The third-order valence-corrected chi connectivity index (χ3v) is 7.30. The zero-order valence-electron chi connectivity index (χ0n) is 22.2. The highest BCUT2D eigenvalue weighted by atomic mass is 79.9. The van der Waals surface area contributed by atoms with Crippen molar-refractivity contribution in [2.24, 2.45) is 0 Å². The van der Waals surface area contributed by atoms with Gasteiger partial charge in [-0.3, -0.25) is 14.4 Å². The molecule has 0 aliphatic carbocycles. The van der Waals surface area contributed by atoms with Gasteiger partial charge in [0, 0.05) is 21.6 Å². The van der Waals surface area contributed by atoms with E-state index in [0.717, 1.165) is 16.0 Å². The van der Waals surface area contributed by atoms with E-state index in [9.17, 15) is 19.5 Å². The number of halogens is 2. The minimum Gasteiger partial charge on any atom is -0.507 e. The van der Waals surface area contributed by atoms with Crippen molar-refractivity contribution in [2.45, 2.75) is 81.2 Å². The van der Waals surface area contributed by atoms with E-state index in [4.69, 9.17) is 11.6 Å². The summed E-state index contributed by atoms with van der Waals surface area (Å²) >= 11 is 9.32. The molecule has 0 aliphatic heterocycles. The van der Waals surface area contributed by atoms with Crippen molar-refractivity contribution in [3.05, 3.63) is 59.2 Å². The van der Waals surface area contributed by atoms with E-state index in [1.54, 1.807) is 31.2 Å². The van der Waals surface area contributed by atoms with E-state index >= 15 is 0 Å². The third-order valence-electron chi connectivity index (χ3n) is 5.21. The van der Waals surface area contributed by atoms with Crippen molar-refractivity contribution < 1.29 is 19.5 Å². The molecule has 0 aliphatic rings. The van der Waals surface area contributed by atoms with Crippen molar-refractivity contribution in [3.8, 4) is 5.75 Å². The molecule has 0 bridgehead atoms. The number of nitrogens with one attached hydrogen (secondary N) is 1. The van der Waals surface area contributed by atoms with Gasteiger partial charge in [0.2, 0.25) is 11.1 Å². The van der Waals surface area contributed by atoms with Gasteiger partial charge in [0.25, 0.3) is 0 Å². The molecule has 2 unspecified atom stereocenters. The van der Waals surface area contributed by atoms with Gasteiger partial charge in [-0.15, -0.1) is 11.8 Å². The number of benzene rings is 2. The van der Waals surface area contributed by atoms with E-state index in [1.807, 2.05) is 25.1 Å². The minimum atomic E-state index is -0.376. The van der Waals surface area contributed by atoms with Crippen LogP contribution in [-0.4, -0.2) is 38.7 Å². The number of hydrogen-bond acceptors (Lipinski definition) is 5. The van der Waals surface area contributed by atoms with Gasteiger partial charge in [-0.2, -0.15) is 0 Å². The first-order valence-corrected chi connectivity index (χ1v) is 13.9. The zero-order chi connectivity index (χ0) is 27.8. The number of amides is 1. The molecule has 0 heterocycles. The highest BCUT2D eigenvalue weighted by Crippen LogP contribution is 2.42. The zero-order valence-corrected chi connectivity index (χ0v) is 25.4. The molecule has 2 aromatic carbocycles. The average molecular weight is 599 g/mol. The van der Waals surface area contributed by atoms with Gasteiger partial charge in [0.05, 0.1) is 16.6 Å². The molecule has 1 amide bonds. The molecule has 36 heavy (non-hydrogen) atoms. The van der Waals surface area contributed by atoms with E-state index in [1.165, 1.54) is 11.8 Å². The van der Waals surface area contributed by atoms with Gasteiger partial charge >= 0.3 is 0 Å². The smallest absolute Gasteiger partial charge is 0.235 e. The normalized spacial score (nSPS) is 13.2. The predicted molar refractivity (Wildman–Crippen MR) is 154 cm³/mol. The van der Waals surface area contributed by atoms with Gasteiger partial charge in [-0.25, -0.2) is 0 Å². The van der Waals surface area contributed by atoms with E-state index < -0.39 is 0 Å². The number of ketones is 1. The van der Waals surface area contributed by atoms with Crippen LogP contribution in [0, 0.1) is 0 Å². The van der Waals surface area contributed by atoms with Crippen LogP contribution in [0.1, 0.15) is 76.9 Å². The molecule has 0 fully saturated rings. The van der Waals surface area contributed by atoms with Gasteiger partial charge < -0.3 is 10.4 Å². The Morgan fingerprint density at radius 2 is 1.42 bits per heavy atom. The van der Waals surface area contributed by atoms with Crippen molar-refractivity contribution in [3.63, 3.8) is 0 Å². The second-order valence-corrected chi connectivity index (χ2v) is 13.7. The van der Waals surface area contributed by atoms with Gasteiger partial charge in [0.1, 0.15) is 5.75 Å². The number of carbonyl (C=O) groups excluding carboxylic acids is 3. The van der Waals surface area contributed by atoms with Crippen molar-refractivity contribution in [1.82, 2.24) is 5.32 Å². The number of alkyl halides is 1. The molecule has 5 nitrogen and oxygen atoms in total. The Morgan fingerprint density at radius 1 is 0.972 bits per heavy atom. The molecule has 198 valence electrons. The van der Waals surface area contributed by atoms with Crippen LogP contribution < -0.4 is 5.32 Å². The lowest BCUT2D eigenvalue weighted by molar-refractivity contribution is -0.120. The molecule has 0 saturated heterocycles. The molecule has 2 N–H and O–H groups in total. The molecule has 0 saturated carbocycles. The number of Topliss-reactive ketones (excluding diaryl/α,β-unsaturated/α-hetero) is 1. The SMILES string of the molecule is CC(Br)C(=O)Cl.CC(Sc1cc(C(C)(C)C)c(O)c(C(C)(C)C)c1)C(=O)NCC(=O)c1ccccc1. The van der Waals surface area contributed by atoms with Crippen LogP contribution in [0.4, 0.5) is 0 Å². The second-order valence-electron chi connectivity index (χ2n) is 10.6. The summed E-state index contributed by atoms with van der Waals surface area (Å²) in [4.78, 5) is 35.4. The predicted octanol–water partition coefficient (Wildman–Crippen LogP) is 7.00. The first-order chi connectivity index (χ1) is 16.4. The molecular formula is C28H37BrClNO4S. The Balaban J connectivity index is 0.000000960. The Kier molecular flexibility index (Phi) is 12.2. The van der Waals surface area contributed by atoms with Crippen molar-refractivity contribution in [1.29, 1.82) is 0 Å². The lowest BCUT2D eigenvalue weighted by Crippen LogP contribution is -2.35. The van der Waals surface area contributed by atoms with Crippen LogP contribution >= 0.6 is 39.3 Å². The average Bonchev–Trinajstić information content (AvgIpc) is 2.77. The number of carbonyl (C=O) groups is 3. The highest BCUT2D eigenvalue weighted by Gasteiger charge is 2.27. The fourth-order valence-electron chi connectivity index (χ4n) is 3.11. The molecule has 0 radical (unpaired) electrons.